The third-order valence-corrected chi connectivity index (χ3v) is 4.05. The molecule has 0 atom stereocenters. The van der Waals surface area contributed by atoms with Crippen LogP contribution in [-0.4, -0.2) is 49.7 Å². The number of amides is 1. The first-order valence-electron chi connectivity index (χ1n) is 8.83. The lowest BCUT2D eigenvalue weighted by Gasteiger charge is -2.28. The Balaban J connectivity index is 1.43. The van der Waals surface area contributed by atoms with Crippen LogP contribution in [0.15, 0.2) is 46.9 Å². The average molecular weight is 401 g/mol. The van der Waals surface area contributed by atoms with Gasteiger partial charge in [-0.2, -0.15) is 0 Å². The second kappa shape index (κ2) is 9.51. The molecule has 0 spiro atoms. The molecule has 0 aliphatic carbocycles. The number of esters is 1. The minimum absolute atomic E-state index is 0.124. The van der Waals surface area contributed by atoms with Crippen LogP contribution in [0.2, 0.25) is 0 Å². The zero-order chi connectivity index (χ0) is 20.6. The molecule has 1 aliphatic heterocycles. The number of rotatable bonds is 7. The summed E-state index contributed by atoms with van der Waals surface area (Å²) in [6.45, 7) is 2.55. The fourth-order valence-electron chi connectivity index (χ4n) is 2.64. The summed E-state index contributed by atoms with van der Waals surface area (Å²) in [6, 6.07) is 9.86. The van der Waals surface area contributed by atoms with Gasteiger partial charge >= 0.3 is 11.9 Å². The minimum atomic E-state index is -0.776. The van der Waals surface area contributed by atoms with Gasteiger partial charge in [0.15, 0.2) is 6.61 Å². The topological polar surface area (TPSA) is 124 Å². The first-order valence-corrected chi connectivity index (χ1v) is 8.83. The van der Waals surface area contributed by atoms with Crippen LogP contribution < -0.4 is 10.2 Å². The molecule has 0 radical (unpaired) electrons. The molecular formula is C19H19N3O7. The molecule has 1 fully saturated rings. The van der Waals surface area contributed by atoms with E-state index in [-0.39, 0.29) is 5.76 Å². The van der Waals surface area contributed by atoms with Gasteiger partial charge in [0, 0.05) is 30.5 Å². The van der Waals surface area contributed by atoms with Crippen molar-refractivity contribution in [3.05, 3.63) is 58.3 Å². The van der Waals surface area contributed by atoms with Crippen LogP contribution in [0.4, 0.5) is 17.3 Å². The smallest absolute Gasteiger partial charge is 0.433 e. The number of benzene rings is 1. The van der Waals surface area contributed by atoms with E-state index in [4.69, 9.17) is 13.9 Å². The van der Waals surface area contributed by atoms with E-state index in [1.54, 1.807) is 12.1 Å². The SMILES string of the molecule is O=C(COC(=O)/C=C/c1ccc([N+](=O)[O-])o1)Nc1ccc(N2CCOCC2)cc1. The lowest BCUT2D eigenvalue weighted by atomic mass is 10.2. The molecule has 10 nitrogen and oxygen atoms in total. The molecule has 29 heavy (non-hydrogen) atoms. The summed E-state index contributed by atoms with van der Waals surface area (Å²) in [6.07, 6.45) is 2.24. The zero-order valence-electron chi connectivity index (χ0n) is 15.4. The Morgan fingerprint density at radius 2 is 1.90 bits per heavy atom. The van der Waals surface area contributed by atoms with Crippen LogP contribution in [0.25, 0.3) is 6.08 Å². The number of nitro groups is 1. The van der Waals surface area contributed by atoms with E-state index >= 15 is 0 Å². The number of carbonyl (C=O) groups excluding carboxylic acids is 2. The number of furan rings is 1. The number of hydrogen-bond acceptors (Lipinski definition) is 8. The highest BCUT2D eigenvalue weighted by molar-refractivity contribution is 5.94. The van der Waals surface area contributed by atoms with Crippen molar-refractivity contribution in [1.82, 2.24) is 0 Å². The molecule has 152 valence electrons. The summed E-state index contributed by atoms with van der Waals surface area (Å²) in [7, 11) is 0. The van der Waals surface area contributed by atoms with Crippen molar-refractivity contribution >= 4 is 35.2 Å². The Morgan fingerprint density at radius 3 is 2.55 bits per heavy atom. The zero-order valence-corrected chi connectivity index (χ0v) is 15.4. The summed E-state index contributed by atoms with van der Waals surface area (Å²) < 4.78 is 15.0. The number of ether oxygens (including phenoxy) is 2. The average Bonchev–Trinajstić information content (AvgIpc) is 3.21. The summed E-state index contributed by atoms with van der Waals surface area (Å²) >= 11 is 0. The number of anilines is 2. The Bertz CT molecular complexity index is 899. The van der Waals surface area contributed by atoms with Crippen LogP contribution in [0.3, 0.4) is 0 Å². The van der Waals surface area contributed by atoms with E-state index in [1.807, 2.05) is 12.1 Å². The van der Waals surface area contributed by atoms with Crippen molar-refractivity contribution in [2.24, 2.45) is 0 Å². The van der Waals surface area contributed by atoms with E-state index in [9.17, 15) is 19.7 Å². The molecule has 1 aromatic carbocycles. The molecule has 1 aliphatic rings. The van der Waals surface area contributed by atoms with Crippen LogP contribution >= 0.6 is 0 Å². The standard InChI is InChI=1S/C19H19N3O7/c23-17(13-28-19(24)8-6-16-5-7-18(29-16)22(25)26)20-14-1-3-15(4-2-14)21-9-11-27-12-10-21/h1-8H,9-13H2,(H,20,23)/b8-6+. The maximum Gasteiger partial charge on any atom is 0.433 e. The molecular weight excluding hydrogens is 382 g/mol. The monoisotopic (exact) mass is 401 g/mol. The lowest BCUT2D eigenvalue weighted by Crippen LogP contribution is -2.36. The fraction of sp³-hybridized carbons (Fsp3) is 0.263. The van der Waals surface area contributed by atoms with Gasteiger partial charge in [-0.1, -0.05) is 0 Å². The first kappa shape index (κ1) is 20.1. The second-order valence-electron chi connectivity index (χ2n) is 6.07. The van der Waals surface area contributed by atoms with E-state index in [2.05, 4.69) is 10.2 Å². The fourth-order valence-corrected chi connectivity index (χ4v) is 2.64. The van der Waals surface area contributed by atoms with Crippen LogP contribution in [0.5, 0.6) is 0 Å². The van der Waals surface area contributed by atoms with E-state index in [1.165, 1.54) is 18.2 Å². The highest BCUT2D eigenvalue weighted by Gasteiger charge is 2.12. The Morgan fingerprint density at radius 1 is 1.17 bits per heavy atom. The number of carbonyl (C=O) groups is 2. The summed E-state index contributed by atoms with van der Waals surface area (Å²) in [4.78, 5) is 35.6. The number of nitrogens with zero attached hydrogens (tertiary/aromatic N) is 2. The van der Waals surface area contributed by atoms with Crippen molar-refractivity contribution in [1.29, 1.82) is 0 Å². The van der Waals surface area contributed by atoms with Crippen molar-refractivity contribution in [2.45, 2.75) is 0 Å². The lowest BCUT2D eigenvalue weighted by molar-refractivity contribution is -0.402. The van der Waals surface area contributed by atoms with Gasteiger partial charge in [0.1, 0.15) is 10.7 Å². The number of hydrogen-bond donors (Lipinski definition) is 1. The molecule has 0 bridgehead atoms. The van der Waals surface area contributed by atoms with Gasteiger partial charge in [-0.25, -0.2) is 4.79 Å². The summed E-state index contributed by atoms with van der Waals surface area (Å²) in [5.41, 5.74) is 1.63. The molecule has 1 aromatic heterocycles. The highest BCUT2D eigenvalue weighted by Crippen LogP contribution is 2.19. The van der Waals surface area contributed by atoms with Crippen molar-refractivity contribution in [3.8, 4) is 0 Å². The molecule has 1 N–H and O–H groups in total. The Hall–Kier alpha value is -3.66. The molecule has 0 unspecified atom stereocenters. The summed E-state index contributed by atoms with van der Waals surface area (Å²) in [5, 5.41) is 13.2. The van der Waals surface area contributed by atoms with E-state index < -0.39 is 29.3 Å². The van der Waals surface area contributed by atoms with Crippen molar-refractivity contribution < 1.29 is 28.4 Å². The van der Waals surface area contributed by atoms with Crippen molar-refractivity contribution in [3.63, 3.8) is 0 Å². The van der Waals surface area contributed by atoms with Crippen LogP contribution in [-0.2, 0) is 19.1 Å². The van der Waals surface area contributed by atoms with Crippen LogP contribution in [0.1, 0.15) is 5.76 Å². The minimum Gasteiger partial charge on any atom is -0.452 e. The van der Waals surface area contributed by atoms with Gasteiger partial charge in [-0.15, -0.1) is 0 Å². The maximum absolute atomic E-state index is 11.9. The molecule has 3 rings (SSSR count). The number of nitrogens with one attached hydrogen (secondary N) is 1. The largest absolute Gasteiger partial charge is 0.452 e. The summed E-state index contributed by atoms with van der Waals surface area (Å²) in [5.74, 6) is -1.57. The Labute approximate surface area is 165 Å². The van der Waals surface area contributed by atoms with Gasteiger partial charge in [-0.05, 0) is 36.4 Å². The predicted molar refractivity (Wildman–Crippen MR) is 103 cm³/mol. The van der Waals surface area contributed by atoms with Crippen LogP contribution in [0, 0.1) is 10.1 Å². The van der Waals surface area contributed by atoms with E-state index in [0.717, 1.165) is 24.9 Å². The first-order chi connectivity index (χ1) is 14.0. The number of morpholine rings is 1. The molecule has 1 amide bonds. The normalized spacial score (nSPS) is 14.0. The van der Waals surface area contributed by atoms with Gasteiger partial charge < -0.3 is 24.1 Å². The van der Waals surface area contributed by atoms with Crippen molar-refractivity contribution in [2.75, 3.05) is 43.1 Å². The molecule has 10 heteroatoms. The Kier molecular flexibility index (Phi) is 6.59. The molecule has 0 saturated carbocycles. The third kappa shape index (κ3) is 5.91. The third-order valence-electron chi connectivity index (χ3n) is 4.05. The molecule has 1 saturated heterocycles. The maximum atomic E-state index is 11.9. The quantitative estimate of drug-likeness (QED) is 0.324. The van der Waals surface area contributed by atoms with Gasteiger partial charge in [0.25, 0.3) is 5.91 Å². The predicted octanol–water partition coefficient (Wildman–Crippen LogP) is 2.22. The highest BCUT2D eigenvalue weighted by atomic mass is 16.6. The van der Waals surface area contributed by atoms with Gasteiger partial charge in [0.05, 0.1) is 19.3 Å². The second-order valence-corrected chi connectivity index (χ2v) is 6.07. The molecule has 2 heterocycles. The van der Waals surface area contributed by atoms with E-state index in [0.29, 0.717) is 18.9 Å². The molecule has 2 aromatic rings. The van der Waals surface area contributed by atoms with Gasteiger partial charge in [0.2, 0.25) is 0 Å². The van der Waals surface area contributed by atoms with Gasteiger partial charge in [-0.3, -0.25) is 14.9 Å².